The molecule has 1 aliphatic heterocycles. The Morgan fingerprint density at radius 3 is 3.14 bits per heavy atom. The summed E-state index contributed by atoms with van der Waals surface area (Å²) in [5, 5.41) is 13.8. The molecule has 0 amide bonds. The third-order valence-corrected chi connectivity index (χ3v) is 3.74. The fourth-order valence-electron chi connectivity index (χ4n) is 2.83. The Labute approximate surface area is 127 Å². The third kappa shape index (κ3) is 3.32. The summed E-state index contributed by atoms with van der Waals surface area (Å²) in [7, 11) is 1.56. The van der Waals surface area contributed by atoms with E-state index in [9.17, 15) is 9.50 Å². The number of aromatic nitrogens is 2. The second-order valence-corrected chi connectivity index (χ2v) is 5.43. The monoisotopic (exact) mass is 307 g/mol. The molecule has 1 saturated heterocycles. The molecule has 0 saturated carbocycles. The molecule has 3 rings (SSSR count). The van der Waals surface area contributed by atoms with Gasteiger partial charge < -0.3 is 14.4 Å². The molecule has 0 unspecified atom stereocenters. The highest BCUT2D eigenvalue weighted by Crippen LogP contribution is 2.33. The molecule has 22 heavy (non-hydrogen) atoms. The lowest BCUT2D eigenvalue weighted by atomic mass is 10.0. The summed E-state index contributed by atoms with van der Waals surface area (Å²) in [6, 6.07) is 6.39. The van der Waals surface area contributed by atoms with Crippen LogP contribution in [0.25, 0.3) is 0 Å². The van der Waals surface area contributed by atoms with E-state index in [-0.39, 0.29) is 11.9 Å². The standard InChI is InChI=1S/C15H18FN3O3/c1-21-9-14-17-15(22-18-14)8-19-7-12(20)6-13(19)10-3-2-4-11(16)5-10/h2-5,12-13,20H,6-9H2,1H3/t12-,13-/m1/s1. The second kappa shape index (κ2) is 6.51. The first kappa shape index (κ1) is 15.1. The van der Waals surface area contributed by atoms with Crippen molar-refractivity contribution in [1.29, 1.82) is 0 Å². The summed E-state index contributed by atoms with van der Waals surface area (Å²) >= 11 is 0. The molecule has 2 heterocycles. The van der Waals surface area contributed by atoms with Crippen LogP contribution in [0.4, 0.5) is 4.39 Å². The molecule has 6 nitrogen and oxygen atoms in total. The van der Waals surface area contributed by atoms with Crippen molar-refractivity contribution in [2.75, 3.05) is 13.7 Å². The van der Waals surface area contributed by atoms with Crippen LogP contribution < -0.4 is 0 Å². The van der Waals surface area contributed by atoms with E-state index >= 15 is 0 Å². The molecular weight excluding hydrogens is 289 g/mol. The lowest BCUT2D eigenvalue weighted by Gasteiger charge is -2.22. The van der Waals surface area contributed by atoms with Gasteiger partial charge in [-0.2, -0.15) is 4.98 Å². The van der Waals surface area contributed by atoms with Crippen LogP contribution in [0.2, 0.25) is 0 Å². The number of methoxy groups -OCH3 is 1. The highest BCUT2D eigenvalue weighted by Gasteiger charge is 2.33. The topological polar surface area (TPSA) is 71.6 Å². The molecule has 1 aromatic carbocycles. The summed E-state index contributed by atoms with van der Waals surface area (Å²) in [4.78, 5) is 6.25. The number of benzene rings is 1. The zero-order valence-electron chi connectivity index (χ0n) is 12.3. The van der Waals surface area contributed by atoms with Crippen molar-refractivity contribution < 1.29 is 18.8 Å². The van der Waals surface area contributed by atoms with E-state index in [0.717, 1.165) is 5.56 Å². The van der Waals surface area contributed by atoms with Gasteiger partial charge in [0.05, 0.1) is 12.6 Å². The third-order valence-electron chi connectivity index (χ3n) is 3.74. The Balaban J connectivity index is 1.75. The lowest BCUT2D eigenvalue weighted by Crippen LogP contribution is -2.24. The van der Waals surface area contributed by atoms with Gasteiger partial charge in [-0.25, -0.2) is 4.39 Å². The molecule has 2 aromatic rings. The second-order valence-electron chi connectivity index (χ2n) is 5.43. The van der Waals surface area contributed by atoms with Gasteiger partial charge in [-0.1, -0.05) is 17.3 Å². The number of hydrogen-bond donors (Lipinski definition) is 1. The van der Waals surface area contributed by atoms with Crippen molar-refractivity contribution in [3.63, 3.8) is 0 Å². The molecule has 0 spiro atoms. The quantitative estimate of drug-likeness (QED) is 0.906. The summed E-state index contributed by atoms with van der Waals surface area (Å²) in [5.41, 5.74) is 0.841. The Hall–Kier alpha value is -1.83. The van der Waals surface area contributed by atoms with Crippen LogP contribution in [-0.2, 0) is 17.9 Å². The van der Waals surface area contributed by atoms with Gasteiger partial charge in [-0.15, -0.1) is 0 Å². The van der Waals surface area contributed by atoms with E-state index in [0.29, 0.717) is 37.8 Å². The summed E-state index contributed by atoms with van der Waals surface area (Å²) < 4.78 is 23.6. The molecule has 1 aromatic heterocycles. The van der Waals surface area contributed by atoms with Gasteiger partial charge in [0.2, 0.25) is 5.89 Å². The van der Waals surface area contributed by atoms with Crippen LogP contribution in [0.3, 0.4) is 0 Å². The number of ether oxygens (including phenoxy) is 1. The van der Waals surface area contributed by atoms with E-state index in [1.54, 1.807) is 13.2 Å². The van der Waals surface area contributed by atoms with Crippen molar-refractivity contribution in [2.45, 2.75) is 31.7 Å². The average molecular weight is 307 g/mol. The van der Waals surface area contributed by atoms with Crippen LogP contribution in [0.5, 0.6) is 0 Å². The summed E-state index contributed by atoms with van der Waals surface area (Å²) in [6.07, 6.45) is 0.109. The first-order chi connectivity index (χ1) is 10.7. The number of β-amino-alcohol motifs (C(OH)–C–C–N with tert-alkyl or cyclic N) is 1. The highest BCUT2D eigenvalue weighted by atomic mass is 19.1. The van der Waals surface area contributed by atoms with E-state index in [4.69, 9.17) is 9.26 Å². The van der Waals surface area contributed by atoms with Crippen molar-refractivity contribution in [1.82, 2.24) is 15.0 Å². The van der Waals surface area contributed by atoms with E-state index in [1.165, 1.54) is 12.1 Å². The van der Waals surface area contributed by atoms with Gasteiger partial charge in [0.1, 0.15) is 12.4 Å². The molecule has 0 radical (unpaired) electrons. The molecule has 118 valence electrons. The molecule has 2 atom stereocenters. The Kier molecular flexibility index (Phi) is 4.47. The smallest absolute Gasteiger partial charge is 0.240 e. The average Bonchev–Trinajstić information content (AvgIpc) is 3.06. The molecule has 1 aliphatic rings. The number of likely N-dealkylation sites (tertiary alicyclic amines) is 1. The normalized spacial score (nSPS) is 22.3. The molecule has 7 heteroatoms. The minimum atomic E-state index is -0.449. The highest BCUT2D eigenvalue weighted by molar-refractivity contribution is 5.21. The largest absolute Gasteiger partial charge is 0.392 e. The van der Waals surface area contributed by atoms with E-state index in [1.807, 2.05) is 11.0 Å². The van der Waals surface area contributed by atoms with Crippen LogP contribution in [0.15, 0.2) is 28.8 Å². The van der Waals surface area contributed by atoms with Gasteiger partial charge in [0, 0.05) is 19.7 Å². The predicted octanol–water partition coefficient (Wildman–Crippen LogP) is 1.66. The van der Waals surface area contributed by atoms with Crippen molar-refractivity contribution in [3.8, 4) is 0 Å². The molecule has 0 aliphatic carbocycles. The number of rotatable bonds is 5. The number of aliphatic hydroxyl groups excluding tert-OH is 1. The van der Waals surface area contributed by atoms with Gasteiger partial charge in [-0.05, 0) is 24.1 Å². The minimum absolute atomic E-state index is 0.0662. The lowest BCUT2D eigenvalue weighted by molar-refractivity contribution is 0.164. The summed E-state index contributed by atoms with van der Waals surface area (Å²) in [5.74, 6) is 0.668. The molecular formula is C15H18FN3O3. The molecule has 1 N–H and O–H groups in total. The summed E-state index contributed by atoms with van der Waals surface area (Å²) in [6.45, 7) is 1.19. The van der Waals surface area contributed by atoms with Crippen LogP contribution in [-0.4, -0.2) is 39.9 Å². The van der Waals surface area contributed by atoms with Gasteiger partial charge in [0.25, 0.3) is 0 Å². The molecule has 1 fully saturated rings. The van der Waals surface area contributed by atoms with Crippen LogP contribution in [0.1, 0.15) is 29.7 Å². The molecule has 0 bridgehead atoms. The maximum absolute atomic E-state index is 13.4. The maximum Gasteiger partial charge on any atom is 0.240 e. The van der Waals surface area contributed by atoms with E-state index < -0.39 is 6.10 Å². The van der Waals surface area contributed by atoms with Crippen molar-refractivity contribution >= 4 is 0 Å². The SMILES string of the molecule is COCc1noc(CN2C[C@H](O)C[C@@H]2c2cccc(F)c2)n1. The predicted molar refractivity (Wildman–Crippen MR) is 75.2 cm³/mol. The van der Waals surface area contributed by atoms with E-state index in [2.05, 4.69) is 10.1 Å². The minimum Gasteiger partial charge on any atom is -0.392 e. The van der Waals surface area contributed by atoms with Crippen molar-refractivity contribution in [3.05, 3.63) is 47.4 Å². The Bertz CT molecular complexity index is 634. The van der Waals surface area contributed by atoms with Gasteiger partial charge >= 0.3 is 0 Å². The van der Waals surface area contributed by atoms with Crippen LogP contribution >= 0.6 is 0 Å². The Morgan fingerprint density at radius 1 is 1.50 bits per heavy atom. The first-order valence-electron chi connectivity index (χ1n) is 7.13. The van der Waals surface area contributed by atoms with Crippen molar-refractivity contribution in [2.24, 2.45) is 0 Å². The van der Waals surface area contributed by atoms with Crippen LogP contribution in [0, 0.1) is 5.82 Å². The fraction of sp³-hybridized carbons (Fsp3) is 0.467. The maximum atomic E-state index is 13.4. The number of hydrogen-bond acceptors (Lipinski definition) is 6. The number of nitrogens with zero attached hydrogens (tertiary/aromatic N) is 3. The Morgan fingerprint density at radius 2 is 2.36 bits per heavy atom. The number of aliphatic hydroxyl groups is 1. The zero-order chi connectivity index (χ0) is 15.5. The van der Waals surface area contributed by atoms with Gasteiger partial charge in [0.15, 0.2) is 5.82 Å². The van der Waals surface area contributed by atoms with Gasteiger partial charge in [-0.3, -0.25) is 4.90 Å². The fourth-order valence-corrected chi connectivity index (χ4v) is 2.83. The zero-order valence-corrected chi connectivity index (χ0v) is 12.3. The number of halogens is 1. The first-order valence-corrected chi connectivity index (χ1v) is 7.13.